The third kappa shape index (κ3) is 2.93. The van der Waals surface area contributed by atoms with Crippen LogP contribution in [0.15, 0.2) is 0 Å². The molecule has 2 aliphatic heterocycles. The van der Waals surface area contributed by atoms with Crippen molar-refractivity contribution in [1.82, 2.24) is 10.6 Å². The molecule has 76 valence electrons. The van der Waals surface area contributed by atoms with Crippen LogP contribution < -0.4 is 10.6 Å². The molecule has 0 bridgehead atoms. The van der Waals surface area contributed by atoms with Gasteiger partial charge in [0.05, 0.1) is 6.10 Å². The van der Waals surface area contributed by atoms with E-state index >= 15 is 0 Å². The molecule has 3 nitrogen and oxygen atoms in total. The molecule has 2 aliphatic rings. The van der Waals surface area contributed by atoms with Crippen LogP contribution in [0.3, 0.4) is 0 Å². The predicted molar refractivity (Wildman–Crippen MR) is 52.8 cm³/mol. The van der Waals surface area contributed by atoms with E-state index in [9.17, 15) is 0 Å². The fraction of sp³-hybridized carbons (Fsp3) is 1.00. The molecular formula is C10H20N2O. The number of hydrogen-bond donors (Lipinski definition) is 2. The van der Waals surface area contributed by atoms with Gasteiger partial charge >= 0.3 is 0 Å². The van der Waals surface area contributed by atoms with Crippen LogP contribution in [-0.2, 0) is 4.74 Å². The summed E-state index contributed by atoms with van der Waals surface area (Å²) < 4.78 is 5.55. The van der Waals surface area contributed by atoms with E-state index in [1.165, 1.54) is 38.9 Å². The van der Waals surface area contributed by atoms with Gasteiger partial charge in [-0.2, -0.15) is 0 Å². The van der Waals surface area contributed by atoms with Crippen molar-refractivity contribution >= 4 is 0 Å². The van der Waals surface area contributed by atoms with Gasteiger partial charge in [0.25, 0.3) is 0 Å². The third-order valence-corrected chi connectivity index (χ3v) is 2.97. The Hall–Kier alpha value is -0.120. The van der Waals surface area contributed by atoms with Crippen molar-refractivity contribution in [1.29, 1.82) is 0 Å². The number of nitrogens with one attached hydrogen (secondary N) is 2. The molecule has 0 spiro atoms. The molecule has 0 radical (unpaired) electrons. The van der Waals surface area contributed by atoms with Gasteiger partial charge in [-0.15, -0.1) is 0 Å². The molecule has 3 heteroatoms. The van der Waals surface area contributed by atoms with Crippen molar-refractivity contribution in [2.45, 2.75) is 25.4 Å². The number of ether oxygens (including phenoxy) is 1. The third-order valence-electron chi connectivity index (χ3n) is 2.97. The molecule has 0 amide bonds. The Morgan fingerprint density at radius 2 is 2.31 bits per heavy atom. The highest BCUT2D eigenvalue weighted by Crippen LogP contribution is 2.14. The first kappa shape index (κ1) is 9.44. The Balaban J connectivity index is 1.43. The van der Waals surface area contributed by atoms with Gasteiger partial charge in [-0.1, -0.05) is 0 Å². The summed E-state index contributed by atoms with van der Waals surface area (Å²) in [6.45, 7) is 5.69. The molecule has 2 N–H and O–H groups in total. The lowest BCUT2D eigenvalue weighted by atomic mass is 10.0. The molecule has 0 aromatic carbocycles. The summed E-state index contributed by atoms with van der Waals surface area (Å²) in [5.74, 6) is 0.879. The maximum Gasteiger partial charge on any atom is 0.0588 e. The average Bonchev–Trinajstić information content (AvgIpc) is 2.53. The largest absolute Gasteiger partial charge is 0.378 e. The molecule has 0 aliphatic carbocycles. The Labute approximate surface area is 80.2 Å². The molecule has 2 heterocycles. The molecule has 0 saturated carbocycles. The SMILES string of the molecule is C1COC(CCNCC2CNC2)C1. The quantitative estimate of drug-likeness (QED) is 0.605. The molecule has 2 fully saturated rings. The fourth-order valence-corrected chi connectivity index (χ4v) is 1.93. The molecular weight excluding hydrogens is 164 g/mol. The number of rotatable bonds is 5. The van der Waals surface area contributed by atoms with E-state index in [1.807, 2.05) is 0 Å². The summed E-state index contributed by atoms with van der Waals surface area (Å²) in [5.41, 5.74) is 0. The second-order valence-electron chi connectivity index (χ2n) is 4.15. The first-order chi connectivity index (χ1) is 6.45. The van der Waals surface area contributed by atoms with Gasteiger partial charge in [-0.25, -0.2) is 0 Å². The van der Waals surface area contributed by atoms with E-state index in [0.29, 0.717) is 6.10 Å². The van der Waals surface area contributed by atoms with Gasteiger partial charge in [0.2, 0.25) is 0 Å². The standard InChI is InChI=1S/C10H20N2O/c1-2-10(13-5-1)3-4-11-6-9-7-12-8-9/h9-12H,1-8H2. The Morgan fingerprint density at radius 3 is 2.92 bits per heavy atom. The first-order valence-electron chi connectivity index (χ1n) is 5.48. The maximum atomic E-state index is 5.55. The van der Waals surface area contributed by atoms with Crippen LogP contribution in [0.4, 0.5) is 0 Å². The van der Waals surface area contributed by atoms with Gasteiger partial charge in [-0.05, 0) is 31.7 Å². The summed E-state index contributed by atoms with van der Waals surface area (Å²) in [4.78, 5) is 0. The van der Waals surface area contributed by atoms with Gasteiger partial charge in [0.1, 0.15) is 0 Å². The molecule has 0 aromatic rings. The Kier molecular flexibility index (Phi) is 3.58. The van der Waals surface area contributed by atoms with Crippen LogP contribution in [-0.4, -0.2) is 38.9 Å². The summed E-state index contributed by atoms with van der Waals surface area (Å²) in [6.07, 6.45) is 4.27. The minimum absolute atomic E-state index is 0.548. The van der Waals surface area contributed by atoms with Gasteiger partial charge in [-0.3, -0.25) is 0 Å². The van der Waals surface area contributed by atoms with Crippen molar-refractivity contribution in [3.8, 4) is 0 Å². The van der Waals surface area contributed by atoms with Crippen LogP contribution in [0.5, 0.6) is 0 Å². The van der Waals surface area contributed by atoms with Gasteiger partial charge < -0.3 is 15.4 Å². The zero-order chi connectivity index (χ0) is 8.93. The zero-order valence-corrected chi connectivity index (χ0v) is 8.22. The normalized spacial score (nSPS) is 29.1. The highest BCUT2D eigenvalue weighted by atomic mass is 16.5. The molecule has 2 saturated heterocycles. The fourth-order valence-electron chi connectivity index (χ4n) is 1.93. The van der Waals surface area contributed by atoms with E-state index in [-0.39, 0.29) is 0 Å². The van der Waals surface area contributed by atoms with Crippen LogP contribution in [0.2, 0.25) is 0 Å². The topological polar surface area (TPSA) is 33.3 Å². The lowest BCUT2D eigenvalue weighted by molar-refractivity contribution is 0.104. The summed E-state index contributed by atoms with van der Waals surface area (Å²) in [7, 11) is 0. The van der Waals surface area contributed by atoms with Crippen molar-refractivity contribution in [3.63, 3.8) is 0 Å². The molecule has 2 rings (SSSR count). The van der Waals surface area contributed by atoms with Crippen molar-refractivity contribution in [3.05, 3.63) is 0 Å². The highest BCUT2D eigenvalue weighted by Gasteiger charge is 2.17. The second-order valence-corrected chi connectivity index (χ2v) is 4.15. The van der Waals surface area contributed by atoms with Crippen LogP contribution in [0.25, 0.3) is 0 Å². The monoisotopic (exact) mass is 184 g/mol. The predicted octanol–water partition coefficient (Wildman–Crippen LogP) is 0.364. The lowest BCUT2D eigenvalue weighted by Crippen LogP contribution is -2.47. The van der Waals surface area contributed by atoms with E-state index < -0.39 is 0 Å². The lowest BCUT2D eigenvalue weighted by Gasteiger charge is -2.27. The molecule has 1 atom stereocenters. The van der Waals surface area contributed by atoms with Gasteiger partial charge in [0, 0.05) is 26.2 Å². The van der Waals surface area contributed by atoms with Crippen molar-refractivity contribution in [2.75, 3.05) is 32.8 Å². The second kappa shape index (κ2) is 4.94. The minimum Gasteiger partial charge on any atom is -0.378 e. The molecule has 13 heavy (non-hydrogen) atoms. The van der Waals surface area contributed by atoms with E-state index in [1.54, 1.807) is 0 Å². The average molecular weight is 184 g/mol. The smallest absolute Gasteiger partial charge is 0.0588 e. The Bertz CT molecular complexity index is 142. The summed E-state index contributed by atoms with van der Waals surface area (Å²) in [5, 5.41) is 6.77. The van der Waals surface area contributed by atoms with Crippen molar-refractivity contribution in [2.24, 2.45) is 5.92 Å². The maximum absolute atomic E-state index is 5.55. The van der Waals surface area contributed by atoms with E-state index in [0.717, 1.165) is 19.1 Å². The van der Waals surface area contributed by atoms with Crippen LogP contribution in [0.1, 0.15) is 19.3 Å². The van der Waals surface area contributed by atoms with E-state index in [2.05, 4.69) is 10.6 Å². The minimum atomic E-state index is 0.548. The van der Waals surface area contributed by atoms with Crippen LogP contribution in [0, 0.1) is 5.92 Å². The van der Waals surface area contributed by atoms with Gasteiger partial charge in [0.15, 0.2) is 0 Å². The summed E-state index contributed by atoms with van der Waals surface area (Å²) in [6, 6.07) is 0. The Morgan fingerprint density at radius 1 is 1.38 bits per heavy atom. The molecule has 0 aromatic heterocycles. The zero-order valence-electron chi connectivity index (χ0n) is 8.22. The number of hydrogen-bond acceptors (Lipinski definition) is 3. The van der Waals surface area contributed by atoms with Crippen molar-refractivity contribution < 1.29 is 4.74 Å². The highest BCUT2D eigenvalue weighted by molar-refractivity contribution is 4.76. The first-order valence-corrected chi connectivity index (χ1v) is 5.48. The molecule has 1 unspecified atom stereocenters. The van der Waals surface area contributed by atoms with E-state index in [4.69, 9.17) is 4.74 Å². The van der Waals surface area contributed by atoms with Crippen LogP contribution >= 0.6 is 0 Å². The summed E-state index contributed by atoms with van der Waals surface area (Å²) >= 11 is 0.